The number of nitrogens with zero attached hydrogens (tertiary/aromatic N) is 2. The molecule has 2 N–H and O–H groups in total. The van der Waals surface area contributed by atoms with Gasteiger partial charge in [-0.3, -0.25) is 9.69 Å². The number of aromatic nitrogens is 2. The van der Waals surface area contributed by atoms with Crippen LogP contribution >= 0.6 is 22.9 Å². The molecule has 0 saturated carbocycles. The molecule has 0 aliphatic heterocycles. The van der Waals surface area contributed by atoms with Crippen molar-refractivity contribution >= 4 is 33.2 Å². The predicted molar refractivity (Wildman–Crippen MR) is 129 cm³/mol. The number of thiophene rings is 1. The molecule has 2 aromatic carbocycles. The van der Waals surface area contributed by atoms with Crippen LogP contribution in [0.25, 0.3) is 21.3 Å². The number of methoxy groups -OCH3 is 1. The fraction of sp³-hybridized carbons (Fsp3) is 0.250. The van der Waals surface area contributed by atoms with Crippen LogP contribution in [0.5, 0.6) is 0 Å². The molecule has 0 bridgehead atoms. The number of ether oxygens (including phenoxy) is 1. The third kappa shape index (κ3) is 5.43. The predicted octanol–water partition coefficient (Wildman–Crippen LogP) is 4.31. The second-order valence-corrected chi connectivity index (χ2v) is 8.91. The Morgan fingerprint density at radius 3 is 2.75 bits per heavy atom. The first-order valence-electron chi connectivity index (χ1n) is 10.2. The van der Waals surface area contributed by atoms with Crippen LogP contribution in [0.3, 0.4) is 0 Å². The van der Waals surface area contributed by atoms with E-state index < -0.39 is 6.10 Å². The van der Waals surface area contributed by atoms with Crippen LogP contribution in [0.15, 0.2) is 64.8 Å². The van der Waals surface area contributed by atoms with E-state index in [-0.39, 0.29) is 12.2 Å². The Balaban J connectivity index is 1.62. The van der Waals surface area contributed by atoms with Crippen LogP contribution in [0.1, 0.15) is 11.4 Å². The maximum absolute atomic E-state index is 13.0. The van der Waals surface area contributed by atoms with Crippen molar-refractivity contribution in [1.29, 1.82) is 0 Å². The summed E-state index contributed by atoms with van der Waals surface area (Å²) >= 11 is 7.57. The lowest BCUT2D eigenvalue weighted by molar-refractivity contribution is 0.0332. The van der Waals surface area contributed by atoms with E-state index in [1.165, 1.54) is 11.3 Å². The molecule has 32 heavy (non-hydrogen) atoms. The molecule has 8 heteroatoms. The lowest BCUT2D eigenvalue weighted by Crippen LogP contribution is -2.35. The fourth-order valence-electron chi connectivity index (χ4n) is 3.72. The standard InChI is InChI=1S/C24H24ClN3O3S/c1-31-14-19(29)12-28(11-16-6-3-2-4-7-16)13-21-26-23(30)22-20(15-32-24(22)27-21)17-8-5-9-18(25)10-17/h2-10,15,19,29H,11-14H2,1H3,(H,26,27,30). The van der Waals surface area contributed by atoms with E-state index in [9.17, 15) is 9.90 Å². The highest BCUT2D eigenvalue weighted by molar-refractivity contribution is 7.17. The van der Waals surface area contributed by atoms with Gasteiger partial charge in [-0.1, -0.05) is 54.1 Å². The zero-order valence-electron chi connectivity index (χ0n) is 17.6. The summed E-state index contributed by atoms with van der Waals surface area (Å²) in [7, 11) is 1.56. The van der Waals surface area contributed by atoms with E-state index in [4.69, 9.17) is 21.3 Å². The Morgan fingerprint density at radius 2 is 2.00 bits per heavy atom. The third-order valence-corrected chi connectivity index (χ3v) is 6.19. The second-order valence-electron chi connectivity index (χ2n) is 7.62. The van der Waals surface area contributed by atoms with Crippen molar-refractivity contribution in [1.82, 2.24) is 14.9 Å². The van der Waals surface area contributed by atoms with Gasteiger partial charge in [0.2, 0.25) is 0 Å². The van der Waals surface area contributed by atoms with E-state index >= 15 is 0 Å². The van der Waals surface area contributed by atoms with Crippen molar-refractivity contribution in [2.75, 3.05) is 20.3 Å². The van der Waals surface area contributed by atoms with Crippen molar-refractivity contribution in [2.24, 2.45) is 0 Å². The van der Waals surface area contributed by atoms with E-state index in [0.29, 0.717) is 40.7 Å². The van der Waals surface area contributed by atoms with Crippen molar-refractivity contribution in [3.05, 3.63) is 86.7 Å². The van der Waals surface area contributed by atoms with Gasteiger partial charge in [-0.15, -0.1) is 11.3 Å². The first-order chi connectivity index (χ1) is 15.5. The Hall–Kier alpha value is -2.55. The zero-order chi connectivity index (χ0) is 22.5. The van der Waals surface area contributed by atoms with Gasteiger partial charge in [0, 0.05) is 36.2 Å². The van der Waals surface area contributed by atoms with E-state index in [0.717, 1.165) is 16.7 Å². The average molecular weight is 470 g/mol. The number of nitrogens with one attached hydrogen (secondary N) is 1. The zero-order valence-corrected chi connectivity index (χ0v) is 19.2. The summed E-state index contributed by atoms with van der Waals surface area (Å²) in [4.78, 5) is 23.4. The molecule has 0 spiro atoms. The maximum Gasteiger partial charge on any atom is 0.260 e. The van der Waals surface area contributed by atoms with Crippen molar-refractivity contribution in [3.63, 3.8) is 0 Å². The first kappa shape index (κ1) is 22.6. The summed E-state index contributed by atoms with van der Waals surface area (Å²) in [5, 5.41) is 13.4. The molecule has 4 aromatic rings. The van der Waals surface area contributed by atoms with Gasteiger partial charge in [0.25, 0.3) is 5.56 Å². The number of aliphatic hydroxyl groups excluding tert-OH is 1. The quantitative estimate of drug-likeness (QED) is 0.382. The van der Waals surface area contributed by atoms with Crippen LogP contribution in [-0.2, 0) is 17.8 Å². The molecule has 1 unspecified atom stereocenters. The summed E-state index contributed by atoms with van der Waals surface area (Å²) in [6, 6.07) is 17.4. The van der Waals surface area contributed by atoms with Crippen molar-refractivity contribution in [2.45, 2.75) is 19.2 Å². The number of hydrogen-bond donors (Lipinski definition) is 2. The average Bonchev–Trinajstić information content (AvgIpc) is 3.19. The third-order valence-electron chi connectivity index (χ3n) is 5.08. The second kappa shape index (κ2) is 10.4. The van der Waals surface area contributed by atoms with Crippen LogP contribution in [0.2, 0.25) is 5.02 Å². The molecule has 0 fully saturated rings. The van der Waals surface area contributed by atoms with Crippen LogP contribution in [-0.4, -0.2) is 46.3 Å². The molecule has 4 rings (SSSR count). The topological polar surface area (TPSA) is 78.5 Å². The van der Waals surface area contributed by atoms with Crippen LogP contribution in [0.4, 0.5) is 0 Å². The molecule has 0 amide bonds. The lowest BCUT2D eigenvalue weighted by Gasteiger charge is -2.24. The van der Waals surface area contributed by atoms with E-state index in [1.54, 1.807) is 13.2 Å². The molecule has 0 saturated heterocycles. The summed E-state index contributed by atoms with van der Waals surface area (Å²) in [5.74, 6) is 0.558. The van der Waals surface area contributed by atoms with Gasteiger partial charge in [0.1, 0.15) is 10.7 Å². The van der Waals surface area contributed by atoms with Crippen molar-refractivity contribution in [3.8, 4) is 11.1 Å². The molecule has 1 atom stereocenters. The summed E-state index contributed by atoms with van der Waals surface area (Å²) in [6.07, 6.45) is -0.643. The number of halogens is 1. The number of benzene rings is 2. The minimum Gasteiger partial charge on any atom is -0.389 e. The molecule has 6 nitrogen and oxygen atoms in total. The lowest BCUT2D eigenvalue weighted by atomic mass is 10.1. The molecule has 0 aliphatic carbocycles. The Morgan fingerprint density at radius 1 is 1.19 bits per heavy atom. The normalized spacial score (nSPS) is 12.5. The van der Waals surface area contributed by atoms with Crippen LogP contribution < -0.4 is 5.56 Å². The number of aliphatic hydroxyl groups is 1. The molecule has 0 aliphatic rings. The molecular formula is C24H24ClN3O3S. The van der Waals surface area contributed by atoms with Gasteiger partial charge < -0.3 is 14.8 Å². The smallest absolute Gasteiger partial charge is 0.260 e. The highest BCUT2D eigenvalue weighted by Gasteiger charge is 2.17. The SMILES string of the molecule is COCC(O)CN(Cc1ccccc1)Cc1nc2scc(-c3cccc(Cl)c3)c2c(=O)[nH]1. The van der Waals surface area contributed by atoms with Gasteiger partial charge in [-0.2, -0.15) is 0 Å². The highest BCUT2D eigenvalue weighted by Crippen LogP contribution is 2.32. The molecule has 2 aromatic heterocycles. The van der Waals surface area contributed by atoms with Gasteiger partial charge >= 0.3 is 0 Å². The largest absolute Gasteiger partial charge is 0.389 e. The van der Waals surface area contributed by atoms with Gasteiger partial charge in [0.15, 0.2) is 0 Å². The Bertz CT molecular complexity index is 1240. The molecule has 0 radical (unpaired) electrons. The number of aromatic amines is 1. The minimum atomic E-state index is -0.643. The monoisotopic (exact) mass is 469 g/mol. The minimum absolute atomic E-state index is 0.182. The number of fused-ring (bicyclic) bond motifs is 1. The van der Waals surface area contributed by atoms with E-state index in [2.05, 4.69) is 9.88 Å². The van der Waals surface area contributed by atoms with Gasteiger partial charge in [-0.25, -0.2) is 4.98 Å². The van der Waals surface area contributed by atoms with Gasteiger partial charge in [0.05, 0.1) is 24.6 Å². The first-order valence-corrected chi connectivity index (χ1v) is 11.5. The number of H-pyrrole nitrogens is 1. The Labute approximate surface area is 195 Å². The number of rotatable bonds is 9. The van der Waals surface area contributed by atoms with Crippen LogP contribution in [0, 0.1) is 0 Å². The Kier molecular flexibility index (Phi) is 7.34. The maximum atomic E-state index is 13.0. The summed E-state index contributed by atoms with van der Waals surface area (Å²) < 4.78 is 5.08. The van der Waals surface area contributed by atoms with Gasteiger partial charge in [-0.05, 0) is 23.3 Å². The van der Waals surface area contributed by atoms with Crippen molar-refractivity contribution < 1.29 is 9.84 Å². The molecule has 2 heterocycles. The highest BCUT2D eigenvalue weighted by atomic mass is 35.5. The summed E-state index contributed by atoms with van der Waals surface area (Å²) in [5.41, 5.74) is 2.64. The summed E-state index contributed by atoms with van der Waals surface area (Å²) in [6.45, 7) is 1.64. The molecular weight excluding hydrogens is 446 g/mol. The number of hydrogen-bond acceptors (Lipinski definition) is 6. The fourth-order valence-corrected chi connectivity index (χ4v) is 4.88. The van der Waals surface area contributed by atoms with E-state index in [1.807, 2.05) is 53.9 Å². The molecule has 166 valence electrons.